The highest BCUT2D eigenvalue weighted by atomic mass is 16.5. The Morgan fingerprint density at radius 2 is 1.45 bits per heavy atom. The minimum absolute atomic E-state index is 0.297. The van der Waals surface area contributed by atoms with Gasteiger partial charge < -0.3 is 14.9 Å². The summed E-state index contributed by atoms with van der Waals surface area (Å²) in [7, 11) is 0. The number of ether oxygens (including phenoxy) is 1. The van der Waals surface area contributed by atoms with E-state index in [0.29, 0.717) is 30.2 Å². The first kappa shape index (κ1) is 19.9. The Balaban J connectivity index is 0.000000433. The summed E-state index contributed by atoms with van der Waals surface area (Å²) in [5, 5.41) is 17.3. The molecule has 0 amide bonds. The highest BCUT2D eigenvalue weighted by Crippen LogP contribution is 2.26. The van der Waals surface area contributed by atoms with Crippen LogP contribution in [0.2, 0.25) is 0 Å². The van der Waals surface area contributed by atoms with Crippen molar-refractivity contribution in [1.29, 1.82) is 0 Å². The maximum Gasteiger partial charge on any atom is 0.240 e. The molecule has 120 valence electrons. The average Bonchev–Trinajstić information content (AvgIpc) is 2.43. The zero-order chi connectivity index (χ0) is 17.0. The quantitative estimate of drug-likeness (QED) is 0.614. The second kappa shape index (κ2) is 11.5. The van der Waals surface area contributed by atoms with E-state index >= 15 is 0 Å². The summed E-state index contributed by atoms with van der Waals surface area (Å²) in [6.45, 7) is 5.59. The topological polar surface area (TPSA) is 109 Å². The van der Waals surface area contributed by atoms with Gasteiger partial charge in [0.1, 0.15) is 0 Å². The molecule has 2 atom stereocenters. The molecule has 0 bridgehead atoms. The van der Waals surface area contributed by atoms with Crippen LogP contribution in [0.1, 0.15) is 19.4 Å². The molecule has 1 aromatic rings. The van der Waals surface area contributed by atoms with Crippen molar-refractivity contribution >= 4 is 23.5 Å². The Bertz CT molecular complexity index is 501. The lowest BCUT2D eigenvalue weighted by Gasteiger charge is -2.06. The Labute approximate surface area is 129 Å². The molecule has 22 heavy (non-hydrogen) atoms. The van der Waals surface area contributed by atoms with E-state index in [0.717, 1.165) is 0 Å². The van der Waals surface area contributed by atoms with E-state index in [-0.39, 0.29) is 0 Å². The van der Waals surface area contributed by atoms with Crippen molar-refractivity contribution in [2.24, 2.45) is 9.98 Å². The molecule has 0 aliphatic rings. The molecule has 0 spiro atoms. The number of nitrogens with zero attached hydrogens (tertiary/aromatic N) is 2. The summed E-state index contributed by atoms with van der Waals surface area (Å²) < 4.78 is 4.86. The Kier molecular flexibility index (Phi) is 10.4. The van der Waals surface area contributed by atoms with Gasteiger partial charge in [0.25, 0.3) is 0 Å². The van der Waals surface area contributed by atoms with Crippen LogP contribution in [0.25, 0.3) is 0 Å². The summed E-state index contributed by atoms with van der Waals surface area (Å²) in [5.41, 5.74) is 1.59. The van der Waals surface area contributed by atoms with Gasteiger partial charge in [-0.25, -0.2) is 9.59 Å². The van der Waals surface area contributed by atoms with Gasteiger partial charge in [0.2, 0.25) is 12.2 Å². The van der Waals surface area contributed by atoms with E-state index in [1.54, 1.807) is 39.0 Å². The van der Waals surface area contributed by atoms with Crippen molar-refractivity contribution in [3.8, 4) is 0 Å². The van der Waals surface area contributed by atoms with Crippen LogP contribution in [-0.2, 0) is 14.3 Å². The monoisotopic (exact) mass is 308 g/mol. The molecule has 0 aliphatic heterocycles. The van der Waals surface area contributed by atoms with Gasteiger partial charge in [0, 0.05) is 5.56 Å². The zero-order valence-corrected chi connectivity index (χ0v) is 12.8. The van der Waals surface area contributed by atoms with Gasteiger partial charge in [0.15, 0.2) is 0 Å². The lowest BCUT2D eigenvalue weighted by Crippen LogP contribution is -2.16. The predicted molar refractivity (Wildman–Crippen MR) is 80.9 cm³/mol. The summed E-state index contributed by atoms with van der Waals surface area (Å²) in [5.74, 6) is 0. The molecule has 1 aromatic carbocycles. The third-order valence-electron chi connectivity index (χ3n) is 2.33. The minimum Gasteiger partial charge on any atom is -0.391 e. The molecular formula is C15H20N2O5. The fourth-order valence-electron chi connectivity index (χ4n) is 1.36. The molecule has 0 heterocycles. The number of aliphatic imine (C=N–C) groups is 2. The molecule has 0 saturated carbocycles. The molecule has 0 aliphatic carbocycles. The van der Waals surface area contributed by atoms with Crippen LogP contribution in [0.3, 0.4) is 0 Å². The number of aliphatic hydroxyl groups is 2. The van der Waals surface area contributed by atoms with Gasteiger partial charge in [0.05, 0.1) is 36.8 Å². The lowest BCUT2D eigenvalue weighted by molar-refractivity contribution is 0.00392. The van der Waals surface area contributed by atoms with E-state index in [4.69, 9.17) is 14.9 Å². The van der Waals surface area contributed by atoms with E-state index < -0.39 is 12.2 Å². The summed E-state index contributed by atoms with van der Waals surface area (Å²) >= 11 is 0. The van der Waals surface area contributed by atoms with Crippen molar-refractivity contribution in [2.45, 2.75) is 33.0 Å². The number of carbonyl (C=O) groups excluding carboxylic acids is 2. The Morgan fingerprint density at radius 1 is 1.05 bits per heavy atom. The van der Waals surface area contributed by atoms with Crippen molar-refractivity contribution < 1.29 is 24.5 Å². The number of isocyanates is 2. The number of rotatable bonds is 6. The molecule has 7 heteroatoms. The first-order valence-electron chi connectivity index (χ1n) is 6.61. The van der Waals surface area contributed by atoms with Crippen LogP contribution in [0.15, 0.2) is 28.2 Å². The van der Waals surface area contributed by atoms with Crippen LogP contribution in [-0.4, -0.2) is 47.8 Å². The van der Waals surface area contributed by atoms with Crippen LogP contribution < -0.4 is 0 Å². The standard InChI is InChI=1S/C9H6N2O2.C6H14O3/c1-7-8(10-5-12)3-2-4-9(7)11-6-13;1-5(7)3-9-4-6(2)8/h2-4H,1H3;5-8H,3-4H2,1-2H3. The first-order chi connectivity index (χ1) is 10.4. The van der Waals surface area contributed by atoms with Crippen molar-refractivity contribution in [2.75, 3.05) is 13.2 Å². The molecule has 0 saturated heterocycles. The molecule has 0 fully saturated rings. The number of hydrogen-bond donors (Lipinski definition) is 2. The number of benzene rings is 1. The Morgan fingerprint density at radius 3 is 1.77 bits per heavy atom. The second-order valence-electron chi connectivity index (χ2n) is 4.56. The first-order valence-corrected chi connectivity index (χ1v) is 6.61. The highest BCUT2D eigenvalue weighted by Gasteiger charge is 2.00. The summed E-state index contributed by atoms with van der Waals surface area (Å²) in [6, 6.07) is 4.94. The summed E-state index contributed by atoms with van der Waals surface area (Å²) in [6.07, 6.45) is 1.98. The SMILES string of the molecule is CC(O)COCC(C)O.Cc1c(N=C=O)cccc1N=C=O. The van der Waals surface area contributed by atoms with E-state index in [2.05, 4.69) is 9.98 Å². The molecule has 0 radical (unpaired) electrons. The van der Waals surface area contributed by atoms with Gasteiger partial charge in [-0.1, -0.05) is 6.07 Å². The predicted octanol–water partition coefficient (Wildman–Crippen LogP) is 1.69. The third kappa shape index (κ3) is 8.92. The minimum atomic E-state index is -0.441. The van der Waals surface area contributed by atoms with E-state index in [9.17, 15) is 9.59 Å². The lowest BCUT2D eigenvalue weighted by atomic mass is 10.1. The van der Waals surface area contributed by atoms with Crippen molar-refractivity contribution in [3.63, 3.8) is 0 Å². The zero-order valence-electron chi connectivity index (χ0n) is 12.8. The van der Waals surface area contributed by atoms with Gasteiger partial charge in [-0.15, -0.1) is 0 Å². The molecule has 7 nitrogen and oxygen atoms in total. The maximum atomic E-state index is 10.00. The second-order valence-corrected chi connectivity index (χ2v) is 4.56. The van der Waals surface area contributed by atoms with Gasteiger partial charge >= 0.3 is 0 Å². The molecule has 2 N–H and O–H groups in total. The van der Waals surface area contributed by atoms with Gasteiger partial charge in [-0.05, 0) is 32.9 Å². The Hall–Kier alpha value is -2.14. The van der Waals surface area contributed by atoms with Gasteiger partial charge in [-0.3, -0.25) is 0 Å². The third-order valence-corrected chi connectivity index (χ3v) is 2.33. The smallest absolute Gasteiger partial charge is 0.240 e. The average molecular weight is 308 g/mol. The largest absolute Gasteiger partial charge is 0.391 e. The van der Waals surface area contributed by atoms with Crippen LogP contribution in [0, 0.1) is 6.92 Å². The molecular weight excluding hydrogens is 288 g/mol. The molecule has 2 unspecified atom stereocenters. The van der Waals surface area contributed by atoms with Crippen LogP contribution >= 0.6 is 0 Å². The number of hydrogen-bond acceptors (Lipinski definition) is 7. The van der Waals surface area contributed by atoms with Crippen molar-refractivity contribution in [3.05, 3.63) is 23.8 Å². The fraction of sp³-hybridized carbons (Fsp3) is 0.467. The normalized spacial score (nSPS) is 12.0. The van der Waals surface area contributed by atoms with E-state index in [1.807, 2.05) is 0 Å². The maximum absolute atomic E-state index is 10.00. The highest BCUT2D eigenvalue weighted by molar-refractivity contribution is 5.64. The summed E-state index contributed by atoms with van der Waals surface area (Å²) in [4.78, 5) is 26.9. The molecule has 0 aromatic heterocycles. The number of aliphatic hydroxyl groups excluding tert-OH is 2. The van der Waals surface area contributed by atoms with Gasteiger partial charge in [-0.2, -0.15) is 9.98 Å². The van der Waals surface area contributed by atoms with E-state index in [1.165, 1.54) is 12.2 Å². The van der Waals surface area contributed by atoms with Crippen molar-refractivity contribution in [1.82, 2.24) is 0 Å². The molecule has 1 rings (SSSR count). The fourth-order valence-corrected chi connectivity index (χ4v) is 1.36. The van der Waals surface area contributed by atoms with Crippen LogP contribution in [0.4, 0.5) is 11.4 Å². The van der Waals surface area contributed by atoms with Crippen LogP contribution in [0.5, 0.6) is 0 Å².